The van der Waals surface area contributed by atoms with Gasteiger partial charge in [0.25, 0.3) is 0 Å². The van der Waals surface area contributed by atoms with E-state index < -0.39 is 23.5 Å². The average Bonchev–Trinajstić information content (AvgIpc) is 3.24. The van der Waals surface area contributed by atoms with Crippen molar-refractivity contribution in [3.63, 3.8) is 0 Å². The monoisotopic (exact) mass is 478 g/mol. The number of carbonyl (C=O) groups is 1. The van der Waals surface area contributed by atoms with E-state index in [2.05, 4.69) is 4.98 Å². The highest BCUT2D eigenvalue weighted by atomic mass is 32.1. The summed E-state index contributed by atoms with van der Waals surface area (Å²) in [6.07, 6.45) is -4.76. The van der Waals surface area contributed by atoms with Gasteiger partial charge in [0.15, 0.2) is 0 Å². The molecule has 2 aromatic carbocycles. The summed E-state index contributed by atoms with van der Waals surface area (Å²) in [5.41, 5.74) is 1.18. The Kier molecular flexibility index (Phi) is 5.87. The van der Waals surface area contributed by atoms with Crippen molar-refractivity contribution in [2.75, 3.05) is 0 Å². The molecule has 1 N–H and O–H groups in total. The molecule has 2 heterocycles. The zero-order chi connectivity index (χ0) is 23.9. The Labute approximate surface area is 189 Å². The molecule has 0 amide bonds. The molecule has 0 unspecified atom stereocenters. The van der Waals surface area contributed by atoms with E-state index >= 15 is 0 Å². The summed E-state index contributed by atoms with van der Waals surface area (Å²) in [6.45, 7) is 3.61. The van der Waals surface area contributed by atoms with Crippen molar-refractivity contribution >= 4 is 28.2 Å². The fourth-order valence-corrected chi connectivity index (χ4v) is 4.51. The minimum atomic E-state index is -4.76. The van der Waals surface area contributed by atoms with Gasteiger partial charge < -0.3 is 14.4 Å². The number of alkyl halides is 3. The fraction of sp³-hybridized carbons (Fsp3) is 0.217. The molecule has 2 aromatic heterocycles. The molecule has 0 saturated carbocycles. The third kappa shape index (κ3) is 4.70. The van der Waals surface area contributed by atoms with E-state index in [0.717, 1.165) is 27.5 Å². The molecule has 33 heavy (non-hydrogen) atoms. The highest BCUT2D eigenvalue weighted by molar-refractivity contribution is 7.15. The number of fused-ring (bicyclic) bond motifs is 1. The Morgan fingerprint density at radius 2 is 1.91 bits per heavy atom. The molecule has 0 aliphatic heterocycles. The lowest BCUT2D eigenvalue weighted by molar-refractivity contribution is -0.140. The Balaban J connectivity index is 1.52. The lowest BCUT2D eigenvalue weighted by atomic mass is 10.1. The number of hydrogen-bond acceptors (Lipinski definition) is 4. The number of carboxylic acids is 1. The second-order valence-electron chi connectivity index (χ2n) is 7.49. The van der Waals surface area contributed by atoms with Crippen LogP contribution in [0.5, 0.6) is 5.75 Å². The normalized spacial score (nSPS) is 11.8. The van der Waals surface area contributed by atoms with Crippen molar-refractivity contribution in [2.45, 2.75) is 33.2 Å². The van der Waals surface area contributed by atoms with Gasteiger partial charge in [0.05, 0.1) is 16.1 Å². The van der Waals surface area contributed by atoms with Gasteiger partial charge in [-0.15, -0.1) is 11.3 Å². The number of carboxylic acid groups (broad SMARTS) is 1. The summed E-state index contributed by atoms with van der Waals surface area (Å²) < 4.78 is 59.9. The number of rotatable bonds is 6. The average molecular weight is 478 g/mol. The zero-order valence-corrected chi connectivity index (χ0v) is 18.4. The lowest BCUT2D eigenvalue weighted by Crippen LogP contribution is -2.09. The fourth-order valence-electron chi connectivity index (χ4n) is 3.53. The van der Waals surface area contributed by atoms with Gasteiger partial charge in [0.2, 0.25) is 0 Å². The molecule has 5 nitrogen and oxygen atoms in total. The van der Waals surface area contributed by atoms with Crippen LogP contribution in [0.1, 0.15) is 21.8 Å². The molecule has 0 spiro atoms. The maximum atomic E-state index is 13.9. The Hall–Kier alpha value is -3.40. The summed E-state index contributed by atoms with van der Waals surface area (Å²) >= 11 is 1.22. The van der Waals surface area contributed by atoms with E-state index in [-0.39, 0.29) is 18.7 Å². The molecule has 0 radical (unpaired) electrons. The maximum absolute atomic E-state index is 13.9. The van der Waals surface area contributed by atoms with E-state index in [1.165, 1.54) is 17.4 Å². The third-order valence-electron chi connectivity index (χ3n) is 5.16. The van der Waals surface area contributed by atoms with Gasteiger partial charge in [-0.1, -0.05) is 6.07 Å². The topological polar surface area (TPSA) is 64.4 Å². The van der Waals surface area contributed by atoms with Crippen LogP contribution in [-0.4, -0.2) is 20.6 Å². The van der Waals surface area contributed by atoms with Crippen LogP contribution in [0.15, 0.2) is 42.5 Å². The van der Waals surface area contributed by atoms with E-state index in [4.69, 9.17) is 9.84 Å². The largest absolute Gasteiger partial charge is 0.488 e. The van der Waals surface area contributed by atoms with Gasteiger partial charge in [-0.3, -0.25) is 4.79 Å². The van der Waals surface area contributed by atoms with Crippen LogP contribution in [0.25, 0.3) is 21.5 Å². The number of aromatic nitrogens is 2. The van der Waals surface area contributed by atoms with Gasteiger partial charge >= 0.3 is 12.1 Å². The SMILES string of the molecule is Cc1nc(-c2ccc(C(F)(F)F)c(F)c2)sc1COc1ccc2c(c1)cc(C)n2CC(=O)O. The standard InChI is InChI=1S/C23H18F4N2O3S/c1-12-7-15-8-16(4-6-19(15)29(12)10-21(30)31)32-11-20-13(2)28-22(33-20)14-3-5-17(18(24)9-14)23(25,26)27/h3-9H,10-11H2,1-2H3,(H,30,31). The lowest BCUT2D eigenvalue weighted by Gasteiger charge is -2.08. The van der Waals surface area contributed by atoms with Crippen molar-refractivity contribution in [3.8, 4) is 16.3 Å². The van der Waals surface area contributed by atoms with Crippen LogP contribution in [-0.2, 0) is 24.1 Å². The van der Waals surface area contributed by atoms with Crippen LogP contribution in [0.3, 0.4) is 0 Å². The zero-order valence-electron chi connectivity index (χ0n) is 17.5. The molecule has 10 heteroatoms. The minimum Gasteiger partial charge on any atom is -0.488 e. The minimum absolute atomic E-state index is 0.136. The predicted octanol–water partition coefficient (Wildman–Crippen LogP) is 6.20. The highest BCUT2D eigenvalue weighted by Gasteiger charge is 2.34. The van der Waals surface area contributed by atoms with Crippen molar-refractivity contribution in [1.82, 2.24) is 9.55 Å². The number of aryl methyl sites for hydroxylation is 2. The summed E-state index contributed by atoms with van der Waals surface area (Å²) in [7, 11) is 0. The van der Waals surface area contributed by atoms with E-state index in [9.17, 15) is 22.4 Å². The van der Waals surface area contributed by atoms with Gasteiger partial charge in [-0.2, -0.15) is 13.2 Å². The van der Waals surface area contributed by atoms with E-state index in [0.29, 0.717) is 22.5 Å². The van der Waals surface area contributed by atoms with Crippen LogP contribution < -0.4 is 4.74 Å². The number of ether oxygens (including phenoxy) is 1. The number of halogens is 4. The molecule has 0 aliphatic carbocycles. The van der Waals surface area contributed by atoms with E-state index in [1.807, 2.05) is 19.1 Å². The Bertz CT molecular complexity index is 1360. The molecule has 4 rings (SSSR count). The summed E-state index contributed by atoms with van der Waals surface area (Å²) in [5, 5.41) is 10.3. The maximum Gasteiger partial charge on any atom is 0.419 e. The predicted molar refractivity (Wildman–Crippen MR) is 116 cm³/mol. The van der Waals surface area contributed by atoms with Crippen LogP contribution in [0.4, 0.5) is 17.6 Å². The summed E-state index contributed by atoms with van der Waals surface area (Å²) in [6, 6.07) is 9.96. The van der Waals surface area contributed by atoms with Crippen LogP contribution in [0, 0.1) is 19.7 Å². The third-order valence-corrected chi connectivity index (χ3v) is 6.34. The molecule has 0 aliphatic rings. The van der Waals surface area contributed by atoms with Crippen molar-refractivity contribution < 1.29 is 32.2 Å². The van der Waals surface area contributed by atoms with Gasteiger partial charge in [-0.05, 0) is 50.2 Å². The van der Waals surface area contributed by atoms with E-state index in [1.54, 1.807) is 23.6 Å². The molecule has 0 atom stereocenters. The number of hydrogen-bond donors (Lipinski definition) is 1. The molecule has 4 aromatic rings. The highest BCUT2D eigenvalue weighted by Crippen LogP contribution is 2.35. The van der Waals surface area contributed by atoms with Crippen molar-refractivity contribution in [3.05, 3.63) is 70.1 Å². The van der Waals surface area contributed by atoms with Crippen molar-refractivity contribution in [1.29, 1.82) is 0 Å². The Morgan fingerprint density at radius 3 is 2.58 bits per heavy atom. The number of benzene rings is 2. The van der Waals surface area contributed by atoms with Crippen LogP contribution in [0.2, 0.25) is 0 Å². The molecular formula is C23H18F4N2O3S. The van der Waals surface area contributed by atoms with Gasteiger partial charge in [0, 0.05) is 22.2 Å². The second kappa shape index (κ2) is 8.51. The molecular weight excluding hydrogens is 460 g/mol. The van der Waals surface area contributed by atoms with Crippen LogP contribution >= 0.6 is 11.3 Å². The molecule has 0 fully saturated rings. The second-order valence-corrected chi connectivity index (χ2v) is 8.58. The van der Waals surface area contributed by atoms with Gasteiger partial charge in [-0.25, -0.2) is 9.37 Å². The number of thiazole rings is 1. The summed E-state index contributed by atoms with van der Waals surface area (Å²) in [4.78, 5) is 16.2. The van der Waals surface area contributed by atoms with Crippen molar-refractivity contribution in [2.24, 2.45) is 0 Å². The summed E-state index contributed by atoms with van der Waals surface area (Å²) in [5.74, 6) is -1.70. The van der Waals surface area contributed by atoms with Gasteiger partial charge in [0.1, 0.15) is 29.7 Å². The first-order valence-corrected chi connectivity index (χ1v) is 10.6. The first kappa shape index (κ1) is 22.8. The smallest absolute Gasteiger partial charge is 0.419 e. The molecule has 0 bridgehead atoms. The molecule has 172 valence electrons. The Morgan fingerprint density at radius 1 is 1.15 bits per heavy atom. The first-order chi connectivity index (χ1) is 15.5. The first-order valence-electron chi connectivity index (χ1n) is 9.81. The number of nitrogens with zero attached hydrogens (tertiary/aromatic N) is 2. The molecule has 0 saturated heterocycles. The number of aliphatic carboxylic acids is 1. The quantitative estimate of drug-likeness (QED) is 0.335.